The summed E-state index contributed by atoms with van der Waals surface area (Å²) in [6.07, 6.45) is 5.56. The van der Waals surface area contributed by atoms with Crippen LogP contribution in [0, 0.1) is 5.92 Å². The number of likely N-dealkylation sites (tertiary alicyclic amines) is 1. The number of imidazole rings is 1. The molecule has 0 radical (unpaired) electrons. The molecule has 0 atom stereocenters. The lowest BCUT2D eigenvalue weighted by molar-refractivity contribution is -0.121. The third-order valence-corrected chi connectivity index (χ3v) is 6.24. The fraction of sp³-hybridized carbons (Fsp3) is 0.280. The molecule has 5 rings (SSSR count). The second kappa shape index (κ2) is 8.40. The van der Waals surface area contributed by atoms with Crippen molar-refractivity contribution in [2.75, 3.05) is 18.4 Å². The molecule has 0 unspecified atom stereocenters. The van der Waals surface area contributed by atoms with Crippen LogP contribution in [0.25, 0.3) is 22.2 Å². The van der Waals surface area contributed by atoms with E-state index in [0.717, 1.165) is 60.8 Å². The van der Waals surface area contributed by atoms with Crippen LogP contribution in [0.3, 0.4) is 0 Å². The molecular formula is C25H27N5O. The highest BCUT2D eigenvalue weighted by atomic mass is 16.1. The van der Waals surface area contributed by atoms with Gasteiger partial charge in [0.05, 0.1) is 6.54 Å². The number of nitrogens with one attached hydrogen (secondary N) is 2. The summed E-state index contributed by atoms with van der Waals surface area (Å²) in [7, 11) is 2.02. The number of carbonyl (C=O) groups is 1. The molecule has 3 heterocycles. The van der Waals surface area contributed by atoms with Gasteiger partial charge in [0, 0.05) is 47.6 Å². The predicted molar refractivity (Wildman–Crippen MR) is 124 cm³/mol. The topological polar surface area (TPSA) is 66.0 Å². The first-order valence-corrected chi connectivity index (χ1v) is 10.8. The first-order valence-electron chi connectivity index (χ1n) is 10.8. The van der Waals surface area contributed by atoms with E-state index in [0.29, 0.717) is 0 Å². The molecule has 6 heteroatoms. The van der Waals surface area contributed by atoms with Gasteiger partial charge in [0.1, 0.15) is 5.82 Å². The molecule has 0 saturated carbocycles. The molecule has 0 spiro atoms. The van der Waals surface area contributed by atoms with Crippen LogP contribution in [0.5, 0.6) is 0 Å². The number of benzene rings is 2. The van der Waals surface area contributed by atoms with Crippen LogP contribution >= 0.6 is 0 Å². The van der Waals surface area contributed by atoms with Crippen LogP contribution in [0.4, 0.5) is 5.69 Å². The first-order chi connectivity index (χ1) is 15.2. The Bertz CT molecular complexity index is 1150. The number of hydrogen-bond donors (Lipinski definition) is 2. The second-order valence-corrected chi connectivity index (χ2v) is 8.34. The molecule has 2 aromatic heterocycles. The van der Waals surface area contributed by atoms with E-state index in [1.807, 2.05) is 43.7 Å². The molecular weight excluding hydrogens is 386 g/mol. The number of aromatic amines is 1. The van der Waals surface area contributed by atoms with Gasteiger partial charge in [-0.25, -0.2) is 4.98 Å². The fourth-order valence-corrected chi connectivity index (χ4v) is 4.31. The minimum absolute atomic E-state index is 0.0611. The van der Waals surface area contributed by atoms with Crippen molar-refractivity contribution in [3.63, 3.8) is 0 Å². The van der Waals surface area contributed by atoms with Gasteiger partial charge in [0.2, 0.25) is 5.91 Å². The molecule has 158 valence electrons. The van der Waals surface area contributed by atoms with Crippen LogP contribution in [0.1, 0.15) is 18.7 Å². The number of H-pyrrole nitrogens is 1. The highest BCUT2D eigenvalue weighted by Crippen LogP contribution is 2.26. The lowest BCUT2D eigenvalue weighted by atomic mass is 9.95. The number of para-hydroxylation sites is 1. The van der Waals surface area contributed by atoms with Crippen molar-refractivity contribution in [3.05, 3.63) is 72.8 Å². The molecule has 2 aromatic carbocycles. The zero-order valence-electron chi connectivity index (χ0n) is 17.7. The number of aromatic nitrogens is 3. The lowest BCUT2D eigenvalue weighted by Gasteiger charge is -2.30. The molecule has 1 saturated heterocycles. The number of nitrogens with zero attached hydrogens (tertiary/aromatic N) is 3. The summed E-state index contributed by atoms with van der Waals surface area (Å²) >= 11 is 0. The smallest absolute Gasteiger partial charge is 0.227 e. The van der Waals surface area contributed by atoms with E-state index in [1.54, 1.807) is 0 Å². The average Bonchev–Trinajstić information content (AvgIpc) is 3.41. The molecule has 1 aliphatic heterocycles. The quantitative estimate of drug-likeness (QED) is 0.509. The predicted octanol–water partition coefficient (Wildman–Crippen LogP) is 4.42. The van der Waals surface area contributed by atoms with Gasteiger partial charge in [-0.15, -0.1) is 0 Å². The standard InChI is InChI=1S/C25H27N5O/c1-29-15-12-26-24(29)17-30-13-10-19(11-14-30)25(31)27-21-8-6-18(7-9-21)23-16-20-4-2-3-5-22(20)28-23/h2-9,12,15-16,19,28H,10-11,13-14,17H2,1H3,(H,27,31). The van der Waals surface area contributed by atoms with Crippen molar-refractivity contribution < 1.29 is 4.79 Å². The molecule has 0 bridgehead atoms. The molecule has 4 aromatic rings. The minimum Gasteiger partial charge on any atom is -0.355 e. The van der Waals surface area contributed by atoms with Gasteiger partial charge in [0.25, 0.3) is 0 Å². The number of rotatable bonds is 5. The molecule has 0 aliphatic carbocycles. The summed E-state index contributed by atoms with van der Waals surface area (Å²) < 4.78 is 2.05. The summed E-state index contributed by atoms with van der Waals surface area (Å²) in [6.45, 7) is 2.68. The third kappa shape index (κ3) is 4.25. The van der Waals surface area contributed by atoms with Gasteiger partial charge in [-0.3, -0.25) is 9.69 Å². The van der Waals surface area contributed by atoms with E-state index in [2.05, 4.69) is 55.1 Å². The molecule has 1 amide bonds. The number of amides is 1. The maximum atomic E-state index is 12.8. The molecule has 2 N–H and O–H groups in total. The highest BCUT2D eigenvalue weighted by molar-refractivity contribution is 5.93. The normalized spacial score (nSPS) is 15.4. The lowest BCUT2D eigenvalue weighted by Crippen LogP contribution is -2.38. The molecule has 1 fully saturated rings. The van der Waals surface area contributed by atoms with Gasteiger partial charge in [-0.1, -0.05) is 30.3 Å². The van der Waals surface area contributed by atoms with E-state index in [4.69, 9.17) is 0 Å². The van der Waals surface area contributed by atoms with E-state index in [9.17, 15) is 4.79 Å². The Morgan fingerprint density at radius 1 is 1.13 bits per heavy atom. The minimum atomic E-state index is 0.0611. The third-order valence-electron chi connectivity index (χ3n) is 6.24. The molecule has 6 nitrogen and oxygen atoms in total. The summed E-state index contributed by atoms with van der Waals surface area (Å²) in [5.41, 5.74) is 4.17. The van der Waals surface area contributed by atoms with Crippen molar-refractivity contribution in [2.45, 2.75) is 19.4 Å². The van der Waals surface area contributed by atoms with Crippen LogP contribution in [0.2, 0.25) is 0 Å². The van der Waals surface area contributed by atoms with Crippen molar-refractivity contribution >= 4 is 22.5 Å². The number of piperidine rings is 1. The zero-order chi connectivity index (χ0) is 21.2. The van der Waals surface area contributed by atoms with Crippen LogP contribution in [-0.4, -0.2) is 38.4 Å². The van der Waals surface area contributed by atoms with Gasteiger partial charge >= 0.3 is 0 Å². The van der Waals surface area contributed by atoms with E-state index < -0.39 is 0 Å². The number of anilines is 1. The van der Waals surface area contributed by atoms with E-state index in [1.165, 1.54) is 5.39 Å². The highest BCUT2D eigenvalue weighted by Gasteiger charge is 2.25. The van der Waals surface area contributed by atoms with Gasteiger partial charge in [0.15, 0.2) is 0 Å². The molecule has 1 aliphatic rings. The van der Waals surface area contributed by atoms with E-state index in [-0.39, 0.29) is 11.8 Å². The van der Waals surface area contributed by atoms with Gasteiger partial charge in [-0.05, 0) is 55.8 Å². The van der Waals surface area contributed by atoms with Crippen LogP contribution in [-0.2, 0) is 18.4 Å². The Balaban J connectivity index is 1.17. The van der Waals surface area contributed by atoms with Crippen molar-refractivity contribution in [3.8, 4) is 11.3 Å². The fourth-order valence-electron chi connectivity index (χ4n) is 4.31. The maximum absolute atomic E-state index is 12.8. The summed E-state index contributed by atoms with van der Waals surface area (Å²) in [5, 5.41) is 4.30. The largest absolute Gasteiger partial charge is 0.355 e. The first kappa shape index (κ1) is 19.6. The Morgan fingerprint density at radius 3 is 2.61 bits per heavy atom. The monoisotopic (exact) mass is 413 g/mol. The number of carbonyl (C=O) groups excluding carboxylic acids is 1. The zero-order valence-corrected chi connectivity index (χ0v) is 17.7. The summed E-state index contributed by atoms with van der Waals surface area (Å²) in [6, 6.07) is 18.5. The van der Waals surface area contributed by atoms with Crippen molar-refractivity contribution in [1.82, 2.24) is 19.4 Å². The SMILES string of the molecule is Cn1ccnc1CN1CCC(C(=O)Nc2ccc(-c3cc4ccccc4[nH]3)cc2)CC1. The maximum Gasteiger partial charge on any atom is 0.227 e. The Morgan fingerprint density at radius 2 is 1.90 bits per heavy atom. The molecule has 31 heavy (non-hydrogen) atoms. The Hall–Kier alpha value is -3.38. The number of aryl methyl sites for hydroxylation is 1. The van der Waals surface area contributed by atoms with Crippen molar-refractivity contribution in [2.24, 2.45) is 13.0 Å². The number of hydrogen-bond acceptors (Lipinski definition) is 3. The van der Waals surface area contributed by atoms with E-state index >= 15 is 0 Å². The van der Waals surface area contributed by atoms with Gasteiger partial charge < -0.3 is 14.9 Å². The van der Waals surface area contributed by atoms with Gasteiger partial charge in [-0.2, -0.15) is 0 Å². The van der Waals surface area contributed by atoms with Crippen molar-refractivity contribution in [1.29, 1.82) is 0 Å². The second-order valence-electron chi connectivity index (χ2n) is 8.34. The van der Waals surface area contributed by atoms with Crippen LogP contribution in [0.15, 0.2) is 67.0 Å². The van der Waals surface area contributed by atoms with Crippen LogP contribution < -0.4 is 5.32 Å². The average molecular weight is 414 g/mol. The number of fused-ring (bicyclic) bond motifs is 1. The Kier molecular flexibility index (Phi) is 5.30. The summed E-state index contributed by atoms with van der Waals surface area (Å²) in [5.74, 6) is 1.25. The Labute approximate surface area is 181 Å². The summed E-state index contributed by atoms with van der Waals surface area (Å²) in [4.78, 5) is 23.0.